The Bertz CT molecular complexity index is 931. The molecular weight excluding hydrogens is 430 g/mol. The molecular formula is C27H35N3O4. The van der Waals surface area contributed by atoms with Crippen molar-refractivity contribution in [1.82, 2.24) is 16.1 Å². The van der Waals surface area contributed by atoms with Gasteiger partial charge in [0.1, 0.15) is 6.04 Å². The van der Waals surface area contributed by atoms with Crippen LogP contribution in [0.15, 0.2) is 73.3 Å². The fourth-order valence-corrected chi connectivity index (χ4v) is 3.92. The van der Waals surface area contributed by atoms with E-state index in [1.54, 1.807) is 11.6 Å². The van der Waals surface area contributed by atoms with Gasteiger partial charge in [-0.25, -0.2) is 5.48 Å². The predicted octanol–water partition coefficient (Wildman–Crippen LogP) is 3.39. The van der Waals surface area contributed by atoms with E-state index in [-0.39, 0.29) is 18.2 Å². The molecule has 0 spiro atoms. The minimum atomic E-state index is -0.824. The summed E-state index contributed by atoms with van der Waals surface area (Å²) in [7, 11) is 0. The second kappa shape index (κ2) is 14.0. The molecule has 182 valence electrons. The Morgan fingerprint density at radius 2 is 1.47 bits per heavy atom. The Labute approximate surface area is 201 Å². The molecule has 0 aliphatic carbocycles. The number of carbonyl (C=O) groups excluding carboxylic acids is 3. The lowest BCUT2D eigenvalue weighted by atomic mass is 9.82. The van der Waals surface area contributed by atoms with Crippen LogP contribution in [0.4, 0.5) is 0 Å². The van der Waals surface area contributed by atoms with E-state index >= 15 is 0 Å². The van der Waals surface area contributed by atoms with Gasteiger partial charge in [-0.1, -0.05) is 80.6 Å². The largest absolute Gasteiger partial charge is 0.350 e. The van der Waals surface area contributed by atoms with Crippen molar-refractivity contribution in [3.63, 3.8) is 0 Å². The summed E-state index contributed by atoms with van der Waals surface area (Å²) in [6, 6.07) is 18.1. The highest BCUT2D eigenvalue weighted by Gasteiger charge is 2.35. The van der Waals surface area contributed by atoms with Gasteiger partial charge in [-0.05, 0) is 29.9 Å². The van der Waals surface area contributed by atoms with Crippen LogP contribution >= 0.6 is 0 Å². The number of amides is 3. The predicted molar refractivity (Wildman–Crippen MR) is 132 cm³/mol. The lowest BCUT2D eigenvalue weighted by molar-refractivity contribution is -0.141. The zero-order chi connectivity index (χ0) is 24.9. The first-order valence-electron chi connectivity index (χ1n) is 11.6. The number of rotatable bonds is 13. The molecule has 1 unspecified atom stereocenters. The third-order valence-corrected chi connectivity index (χ3v) is 5.64. The first-order chi connectivity index (χ1) is 16.3. The molecule has 34 heavy (non-hydrogen) atoms. The van der Waals surface area contributed by atoms with E-state index < -0.39 is 29.7 Å². The van der Waals surface area contributed by atoms with Gasteiger partial charge in [-0.3, -0.25) is 19.6 Å². The molecule has 7 heteroatoms. The van der Waals surface area contributed by atoms with Crippen molar-refractivity contribution in [2.75, 3.05) is 0 Å². The maximum Gasteiger partial charge on any atom is 0.247 e. The smallest absolute Gasteiger partial charge is 0.247 e. The van der Waals surface area contributed by atoms with Gasteiger partial charge in [0.15, 0.2) is 0 Å². The summed E-state index contributed by atoms with van der Waals surface area (Å²) < 4.78 is 0. The Kier molecular flexibility index (Phi) is 11.0. The summed E-state index contributed by atoms with van der Waals surface area (Å²) in [5.74, 6) is -2.76. The van der Waals surface area contributed by atoms with Crippen LogP contribution in [0.1, 0.15) is 37.8 Å². The highest BCUT2D eigenvalue weighted by atomic mass is 16.5. The molecule has 0 bridgehead atoms. The number of carbonyl (C=O) groups is 3. The number of allylic oxidation sites excluding steroid dienone is 1. The van der Waals surface area contributed by atoms with Crippen molar-refractivity contribution in [3.8, 4) is 0 Å². The van der Waals surface area contributed by atoms with E-state index in [4.69, 9.17) is 0 Å². The van der Waals surface area contributed by atoms with Gasteiger partial charge in [0.2, 0.25) is 17.7 Å². The topological polar surface area (TPSA) is 108 Å². The van der Waals surface area contributed by atoms with Crippen molar-refractivity contribution in [2.24, 2.45) is 17.8 Å². The SMILES string of the molecule is C=CC[C@H](C(=O)NO)[C@@H](CC(C)C)C(=O)NC(Cc1ccccc1)C(=O)NCc1ccccc1. The third-order valence-electron chi connectivity index (χ3n) is 5.64. The maximum atomic E-state index is 13.4. The van der Waals surface area contributed by atoms with Gasteiger partial charge in [0.05, 0.1) is 11.8 Å². The van der Waals surface area contributed by atoms with Gasteiger partial charge in [0.25, 0.3) is 0 Å². The Balaban J connectivity index is 2.24. The van der Waals surface area contributed by atoms with E-state index in [1.165, 1.54) is 0 Å². The molecule has 3 amide bonds. The first kappa shape index (κ1) is 26.8. The van der Waals surface area contributed by atoms with Crippen LogP contribution in [-0.4, -0.2) is 29.0 Å². The molecule has 2 rings (SSSR count). The lowest BCUT2D eigenvalue weighted by Gasteiger charge is -2.28. The molecule has 0 saturated heterocycles. The number of hydroxylamine groups is 1. The molecule has 2 aromatic rings. The van der Waals surface area contributed by atoms with Crippen LogP contribution < -0.4 is 16.1 Å². The van der Waals surface area contributed by atoms with Crippen molar-refractivity contribution >= 4 is 17.7 Å². The van der Waals surface area contributed by atoms with E-state index in [9.17, 15) is 19.6 Å². The van der Waals surface area contributed by atoms with Gasteiger partial charge in [-0.2, -0.15) is 0 Å². The van der Waals surface area contributed by atoms with Crippen molar-refractivity contribution in [2.45, 2.75) is 45.7 Å². The van der Waals surface area contributed by atoms with E-state index in [0.29, 0.717) is 19.4 Å². The number of nitrogens with one attached hydrogen (secondary N) is 3. The second-order valence-corrected chi connectivity index (χ2v) is 8.80. The highest BCUT2D eigenvalue weighted by molar-refractivity contribution is 5.91. The zero-order valence-electron chi connectivity index (χ0n) is 19.9. The second-order valence-electron chi connectivity index (χ2n) is 8.80. The average molecular weight is 466 g/mol. The summed E-state index contributed by atoms with van der Waals surface area (Å²) in [5, 5.41) is 15.0. The minimum absolute atomic E-state index is 0.119. The van der Waals surface area contributed by atoms with Crippen LogP contribution in [-0.2, 0) is 27.3 Å². The summed E-state index contributed by atoms with van der Waals surface area (Å²) in [6.07, 6.45) is 2.50. The van der Waals surface area contributed by atoms with Crippen molar-refractivity contribution in [1.29, 1.82) is 0 Å². The molecule has 7 nitrogen and oxygen atoms in total. The van der Waals surface area contributed by atoms with Crippen molar-refractivity contribution in [3.05, 3.63) is 84.4 Å². The molecule has 0 heterocycles. The standard InChI is InChI=1S/C27H35N3O4/c1-4-11-22(26(32)30-34)23(16-19(2)3)25(31)29-24(17-20-12-7-5-8-13-20)27(33)28-18-21-14-9-6-10-15-21/h4-10,12-15,19,22-24,34H,1,11,16-18H2,2-3H3,(H,28,33)(H,29,31)(H,30,32)/t22-,23+,24?/m0/s1. The Hall–Kier alpha value is -3.45. The zero-order valence-corrected chi connectivity index (χ0v) is 19.9. The van der Waals surface area contributed by atoms with Crippen LogP contribution in [0.25, 0.3) is 0 Å². The van der Waals surface area contributed by atoms with Crippen LogP contribution in [0.5, 0.6) is 0 Å². The fraction of sp³-hybridized carbons (Fsp3) is 0.370. The normalized spacial score (nSPS) is 13.4. The van der Waals surface area contributed by atoms with E-state index in [2.05, 4.69) is 17.2 Å². The molecule has 0 saturated carbocycles. The molecule has 4 N–H and O–H groups in total. The third kappa shape index (κ3) is 8.48. The first-order valence-corrected chi connectivity index (χ1v) is 11.6. The molecule has 3 atom stereocenters. The number of hydrogen-bond donors (Lipinski definition) is 4. The highest BCUT2D eigenvalue weighted by Crippen LogP contribution is 2.25. The van der Waals surface area contributed by atoms with Crippen molar-refractivity contribution < 1.29 is 19.6 Å². The van der Waals surface area contributed by atoms with Crippen LogP contribution in [0.3, 0.4) is 0 Å². The molecule has 0 aromatic heterocycles. The van der Waals surface area contributed by atoms with Gasteiger partial charge in [0, 0.05) is 13.0 Å². The molecule has 0 aliphatic heterocycles. The number of hydrogen-bond acceptors (Lipinski definition) is 4. The summed E-state index contributed by atoms with van der Waals surface area (Å²) in [5.41, 5.74) is 3.52. The molecule has 0 fully saturated rings. The minimum Gasteiger partial charge on any atom is -0.350 e. The fourth-order valence-electron chi connectivity index (χ4n) is 3.92. The monoisotopic (exact) mass is 465 g/mol. The van der Waals surface area contributed by atoms with Crippen LogP contribution in [0.2, 0.25) is 0 Å². The van der Waals surface area contributed by atoms with E-state index in [0.717, 1.165) is 11.1 Å². The number of benzene rings is 2. The average Bonchev–Trinajstić information content (AvgIpc) is 2.84. The van der Waals surface area contributed by atoms with E-state index in [1.807, 2.05) is 74.5 Å². The quantitative estimate of drug-likeness (QED) is 0.207. The van der Waals surface area contributed by atoms with Crippen LogP contribution in [0, 0.1) is 17.8 Å². The van der Waals surface area contributed by atoms with Gasteiger partial charge < -0.3 is 10.6 Å². The maximum absolute atomic E-state index is 13.4. The Morgan fingerprint density at radius 1 is 0.882 bits per heavy atom. The van der Waals surface area contributed by atoms with Gasteiger partial charge >= 0.3 is 0 Å². The Morgan fingerprint density at radius 3 is 2.00 bits per heavy atom. The molecule has 0 aliphatic rings. The molecule has 2 aromatic carbocycles. The summed E-state index contributed by atoms with van der Waals surface area (Å²) in [4.78, 5) is 38.9. The summed E-state index contributed by atoms with van der Waals surface area (Å²) in [6.45, 7) is 7.92. The lowest BCUT2D eigenvalue weighted by Crippen LogP contribution is -2.51. The summed E-state index contributed by atoms with van der Waals surface area (Å²) >= 11 is 0. The molecule has 0 radical (unpaired) electrons. The van der Waals surface area contributed by atoms with Gasteiger partial charge in [-0.15, -0.1) is 6.58 Å².